The highest BCUT2D eigenvalue weighted by Crippen LogP contribution is 2.32. The van der Waals surface area contributed by atoms with Gasteiger partial charge in [0, 0.05) is 24.3 Å². The Balaban J connectivity index is 1.18. The molecule has 2 aliphatic heterocycles. The third kappa shape index (κ3) is 7.36. The number of amides is 2. The van der Waals surface area contributed by atoms with Gasteiger partial charge in [-0.25, -0.2) is 14.2 Å². The second kappa shape index (κ2) is 13.6. The number of ether oxygens (including phenoxy) is 2. The number of piperidine rings is 1. The maximum Gasteiger partial charge on any atom is 0.410 e. The predicted octanol–water partition coefficient (Wildman–Crippen LogP) is 5.73. The number of benzene rings is 2. The maximum atomic E-state index is 13.6. The van der Waals surface area contributed by atoms with Gasteiger partial charge in [-0.2, -0.15) is 0 Å². The summed E-state index contributed by atoms with van der Waals surface area (Å²) in [4.78, 5) is 47.5. The number of fused-ring (bicyclic) bond motifs is 1. The molecule has 0 aliphatic carbocycles. The number of hydrogen-bond acceptors (Lipinski definition) is 7. The Kier molecular flexibility index (Phi) is 9.58. The lowest BCUT2D eigenvalue weighted by Crippen LogP contribution is -2.49. The maximum absolute atomic E-state index is 13.6. The zero-order chi connectivity index (χ0) is 35.1. The summed E-state index contributed by atoms with van der Waals surface area (Å²) in [6, 6.07) is 14.1. The number of likely N-dealkylation sites (tertiary alicyclic amines) is 1. The first kappa shape index (κ1) is 34.6. The van der Waals surface area contributed by atoms with E-state index in [1.807, 2.05) is 52.0 Å². The molecule has 0 radical (unpaired) electrons. The van der Waals surface area contributed by atoms with Crippen molar-refractivity contribution in [1.82, 2.24) is 23.9 Å². The Hall–Kier alpha value is -4.26. The molecular formula is C36H41ClFN5O6. The Morgan fingerprint density at radius 2 is 1.78 bits per heavy atom. The van der Waals surface area contributed by atoms with Crippen molar-refractivity contribution in [2.75, 3.05) is 26.2 Å². The van der Waals surface area contributed by atoms with Crippen LogP contribution in [-0.4, -0.2) is 84.6 Å². The van der Waals surface area contributed by atoms with Gasteiger partial charge in [0.1, 0.15) is 22.9 Å². The first-order valence-electron chi connectivity index (χ1n) is 16.5. The van der Waals surface area contributed by atoms with Gasteiger partial charge < -0.3 is 19.5 Å². The molecule has 2 saturated heterocycles. The van der Waals surface area contributed by atoms with Crippen LogP contribution in [0, 0.1) is 5.82 Å². The second-order valence-electron chi connectivity index (χ2n) is 13.8. The molecule has 49 heavy (non-hydrogen) atoms. The van der Waals surface area contributed by atoms with E-state index >= 15 is 0 Å². The van der Waals surface area contributed by atoms with E-state index in [1.54, 1.807) is 20.4 Å². The zero-order valence-electron chi connectivity index (χ0n) is 28.1. The van der Waals surface area contributed by atoms with Crippen molar-refractivity contribution in [1.29, 1.82) is 0 Å². The molecule has 6 rings (SSSR count). The SMILES string of the molecule is CC[C@H]1CN(C(=O)OC(C)(C)C)[C@H](c2ccc(-n3c(Cl)cc4c(=O)n(CC5(O)CCN(C(=O)c6ccc(F)cc6)CC5)cnc43)cc2)CO1. The fraction of sp³-hybridized carbons (Fsp3) is 0.444. The molecule has 2 aliphatic rings. The minimum Gasteiger partial charge on any atom is -0.444 e. The van der Waals surface area contributed by atoms with Crippen LogP contribution in [-0.2, 0) is 16.0 Å². The van der Waals surface area contributed by atoms with Gasteiger partial charge in [0.25, 0.3) is 11.5 Å². The normalized spacial score (nSPS) is 19.7. The van der Waals surface area contributed by atoms with Crippen LogP contribution in [0.3, 0.4) is 0 Å². The van der Waals surface area contributed by atoms with E-state index in [2.05, 4.69) is 4.98 Å². The number of aromatic nitrogens is 3. The number of carbonyl (C=O) groups is 2. The Morgan fingerprint density at radius 3 is 2.41 bits per heavy atom. The average molecular weight is 694 g/mol. The zero-order valence-corrected chi connectivity index (χ0v) is 28.8. The average Bonchev–Trinajstić information content (AvgIpc) is 3.42. The van der Waals surface area contributed by atoms with E-state index < -0.39 is 23.1 Å². The molecule has 0 saturated carbocycles. The van der Waals surface area contributed by atoms with Crippen LogP contribution < -0.4 is 5.56 Å². The topological polar surface area (TPSA) is 119 Å². The Morgan fingerprint density at radius 1 is 1.10 bits per heavy atom. The third-order valence-corrected chi connectivity index (χ3v) is 9.44. The molecule has 4 heterocycles. The van der Waals surface area contributed by atoms with Crippen molar-refractivity contribution < 1.29 is 28.6 Å². The summed E-state index contributed by atoms with van der Waals surface area (Å²) < 4.78 is 28.1. The van der Waals surface area contributed by atoms with Gasteiger partial charge >= 0.3 is 6.09 Å². The molecule has 2 aromatic heterocycles. The van der Waals surface area contributed by atoms with E-state index in [4.69, 9.17) is 21.1 Å². The monoisotopic (exact) mass is 693 g/mol. The minimum absolute atomic E-state index is 0.00133. The van der Waals surface area contributed by atoms with Crippen molar-refractivity contribution in [2.24, 2.45) is 0 Å². The lowest BCUT2D eigenvalue weighted by Gasteiger charge is -2.40. The molecule has 2 amide bonds. The van der Waals surface area contributed by atoms with Crippen molar-refractivity contribution >= 4 is 34.6 Å². The number of morpholine rings is 1. The summed E-state index contributed by atoms with van der Waals surface area (Å²) >= 11 is 6.68. The first-order chi connectivity index (χ1) is 23.2. The highest BCUT2D eigenvalue weighted by molar-refractivity contribution is 6.31. The lowest BCUT2D eigenvalue weighted by molar-refractivity contribution is -0.0716. The van der Waals surface area contributed by atoms with Crippen molar-refractivity contribution in [2.45, 2.75) is 76.9 Å². The van der Waals surface area contributed by atoms with E-state index in [1.165, 1.54) is 35.2 Å². The molecule has 0 spiro atoms. The summed E-state index contributed by atoms with van der Waals surface area (Å²) in [6.07, 6.45) is 2.23. The van der Waals surface area contributed by atoms with Crippen LogP contribution in [0.1, 0.15) is 68.9 Å². The van der Waals surface area contributed by atoms with Gasteiger partial charge in [0.15, 0.2) is 5.65 Å². The molecule has 4 aromatic rings. The van der Waals surface area contributed by atoms with Gasteiger partial charge in [-0.05, 0) is 88.1 Å². The van der Waals surface area contributed by atoms with Crippen molar-refractivity contribution in [3.63, 3.8) is 0 Å². The highest BCUT2D eigenvalue weighted by atomic mass is 35.5. The van der Waals surface area contributed by atoms with Crippen LogP contribution in [0.15, 0.2) is 65.7 Å². The first-order valence-corrected chi connectivity index (χ1v) is 16.9. The molecule has 2 fully saturated rings. The van der Waals surface area contributed by atoms with Gasteiger partial charge in [-0.15, -0.1) is 0 Å². The van der Waals surface area contributed by atoms with Gasteiger partial charge in [-0.3, -0.25) is 23.6 Å². The molecule has 1 N–H and O–H groups in total. The number of hydrogen-bond donors (Lipinski definition) is 1. The summed E-state index contributed by atoms with van der Waals surface area (Å²) in [5.41, 5.74) is 0.0816. The largest absolute Gasteiger partial charge is 0.444 e. The summed E-state index contributed by atoms with van der Waals surface area (Å²) in [5, 5.41) is 12.0. The van der Waals surface area contributed by atoms with Crippen LogP contribution in [0.2, 0.25) is 5.15 Å². The van der Waals surface area contributed by atoms with Crippen LogP contribution in [0.5, 0.6) is 0 Å². The van der Waals surface area contributed by atoms with E-state index in [9.17, 15) is 23.9 Å². The Labute approximate surface area is 288 Å². The van der Waals surface area contributed by atoms with E-state index in [0.717, 1.165) is 12.0 Å². The standard InChI is InChI=1S/C36H41ClFN5O6/c1-5-27-19-42(34(46)49-35(2,3)4)29(20-48-27)23-8-12-26(13-9-23)43-30(37)18-28-31(43)39-22-41(33(28)45)21-36(47)14-16-40(17-15-36)32(44)24-6-10-25(38)11-7-24/h6-13,18,22,27,29,47H,5,14-17,19-21H2,1-4H3/t27-,29-/m0/s1. The predicted molar refractivity (Wildman–Crippen MR) is 183 cm³/mol. The molecular weight excluding hydrogens is 653 g/mol. The second-order valence-corrected chi connectivity index (χ2v) is 14.2. The fourth-order valence-electron chi connectivity index (χ4n) is 6.43. The molecule has 0 bridgehead atoms. The molecule has 13 heteroatoms. The molecule has 2 aromatic carbocycles. The molecule has 11 nitrogen and oxygen atoms in total. The highest BCUT2D eigenvalue weighted by Gasteiger charge is 2.37. The number of carbonyl (C=O) groups excluding carboxylic acids is 2. The van der Waals surface area contributed by atoms with Crippen molar-refractivity contribution in [3.05, 3.63) is 93.4 Å². The van der Waals surface area contributed by atoms with Gasteiger partial charge in [0.05, 0.1) is 42.8 Å². The van der Waals surface area contributed by atoms with Crippen molar-refractivity contribution in [3.8, 4) is 5.69 Å². The molecule has 2 atom stereocenters. The smallest absolute Gasteiger partial charge is 0.410 e. The number of rotatable bonds is 6. The fourth-order valence-corrected chi connectivity index (χ4v) is 6.71. The van der Waals surface area contributed by atoms with E-state index in [-0.39, 0.29) is 56.1 Å². The summed E-state index contributed by atoms with van der Waals surface area (Å²) in [7, 11) is 0. The van der Waals surface area contributed by atoms with Crippen LogP contribution in [0.4, 0.5) is 9.18 Å². The van der Waals surface area contributed by atoms with Crippen LogP contribution in [0.25, 0.3) is 16.7 Å². The summed E-state index contributed by atoms with van der Waals surface area (Å²) in [6.45, 7) is 8.88. The third-order valence-electron chi connectivity index (χ3n) is 9.16. The van der Waals surface area contributed by atoms with Gasteiger partial charge in [0.2, 0.25) is 0 Å². The van der Waals surface area contributed by atoms with Crippen LogP contribution >= 0.6 is 11.6 Å². The molecule has 0 unspecified atom stereocenters. The van der Waals surface area contributed by atoms with E-state index in [0.29, 0.717) is 40.6 Å². The molecule has 260 valence electrons. The lowest BCUT2D eigenvalue weighted by atomic mass is 9.91. The number of aliphatic hydroxyl groups is 1. The minimum atomic E-state index is -1.23. The van der Waals surface area contributed by atoms with Gasteiger partial charge in [-0.1, -0.05) is 30.7 Å². The summed E-state index contributed by atoms with van der Waals surface area (Å²) in [5.74, 6) is -0.650. The number of halogens is 2. The number of nitrogens with zero attached hydrogens (tertiary/aromatic N) is 5. The quantitative estimate of drug-likeness (QED) is 0.274. The Bertz CT molecular complexity index is 1890.